The summed E-state index contributed by atoms with van der Waals surface area (Å²) in [6.07, 6.45) is 37.2. The molecule has 2 unspecified atom stereocenters. The fraction of sp³-hybridized carbons (Fsp3) is 0.652. The Morgan fingerprint density at radius 1 is 0.510 bits per heavy atom. The molecule has 0 bridgehead atoms. The Morgan fingerprint density at radius 2 is 0.882 bits per heavy atom. The van der Waals surface area contributed by atoms with E-state index in [9.17, 15) is 10.2 Å². The molecule has 2 N–H and O–H groups in total. The SMILES string of the molecule is CCCC(CCC=CCCCCCCCc1cccc(O)c1)[Si](C)(C)O[Si](C)(C)C(CCC)CC/C=C/CCCCCCCc1cccc(O)c1. The van der Waals surface area contributed by atoms with Crippen molar-refractivity contribution in [1.29, 1.82) is 0 Å². The van der Waals surface area contributed by atoms with E-state index in [1.165, 1.54) is 140 Å². The second-order valence-corrected chi connectivity index (χ2v) is 25.2. The van der Waals surface area contributed by atoms with Gasteiger partial charge in [-0.15, -0.1) is 0 Å². The molecule has 3 nitrogen and oxygen atoms in total. The van der Waals surface area contributed by atoms with Crippen LogP contribution in [0.15, 0.2) is 72.8 Å². The minimum absolute atomic E-state index is 0.382. The van der Waals surface area contributed by atoms with Gasteiger partial charge in [0.15, 0.2) is 16.6 Å². The molecule has 0 aliphatic rings. The summed E-state index contributed by atoms with van der Waals surface area (Å²) in [7, 11) is -3.64. The van der Waals surface area contributed by atoms with Crippen molar-refractivity contribution in [3.05, 3.63) is 84.0 Å². The molecule has 2 aromatic rings. The Bertz CT molecular complexity index is 1130. The number of hydrogen-bond donors (Lipinski definition) is 2. The number of benzene rings is 2. The van der Waals surface area contributed by atoms with Crippen LogP contribution in [-0.2, 0) is 17.0 Å². The van der Waals surface area contributed by atoms with Gasteiger partial charge in [-0.3, -0.25) is 0 Å². The third-order valence-corrected chi connectivity index (χ3v) is 20.3. The first-order valence-corrected chi connectivity index (χ1v) is 27.1. The summed E-state index contributed by atoms with van der Waals surface area (Å²) in [6, 6.07) is 15.4. The van der Waals surface area contributed by atoms with E-state index < -0.39 is 16.6 Å². The Hall–Kier alpha value is -2.09. The molecule has 0 spiro atoms. The molecule has 5 heteroatoms. The lowest BCUT2D eigenvalue weighted by Crippen LogP contribution is -2.50. The van der Waals surface area contributed by atoms with Gasteiger partial charge in [0.25, 0.3) is 0 Å². The summed E-state index contributed by atoms with van der Waals surface area (Å²) >= 11 is 0. The maximum absolute atomic E-state index is 9.63. The van der Waals surface area contributed by atoms with Gasteiger partial charge in [-0.2, -0.15) is 0 Å². The summed E-state index contributed by atoms with van der Waals surface area (Å²) < 4.78 is 7.41. The van der Waals surface area contributed by atoms with Gasteiger partial charge in [-0.25, -0.2) is 0 Å². The highest BCUT2D eigenvalue weighted by Gasteiger charge is 2.42. The highest BCUT2D eigenvalue weighted by Crippen LogP contribution is 2.40. The van der Waals surface area contributed by atoms with Crippen molar-refractivity contribution in [3.8, 4) is 11.5 Å². The summed E-state index contributed by atoms with van der Waals surface area (Å²) in [5.41, 5.74) is 3.97. The maximum Gasteiger partial charge on any atom is 0.176 e. The lowest BCUT2D eigenvalue weighted by atomic mass is 10.0. The minimum Gasteiger partial charge on any atom is -0.508 e. The largest absolute Gasteiger partial charge is 0.508 e. The normalized spacial score (nSPS) is 13.8. The van der Waals surface area contributed by atoms with Crippen molar-refractivity contribution >= 4 is 16.6 Å². The maximum atomic E-state index is 9.63. The zero-order valence-electron chi connectivity index (χ0n) is 33.9. The monoisotopic (exact) mass is 735 g/mol. The van der Waals surface area contributed by atoms with Crippen molar-refractivity contribution in [3.63, 3.8) is 0 Å². The number of allylic oxidation sites excluding steroid dienone is 4. The lowest BCUT2D eigenvalue weighted by Gasteiger charge is -2.43. The van der Waals surface area contributed by atoms with Crippen LogP contribution in [0, 0.1) is 0 Å². The van der Waals surface area contributed by atoms with Crippen molar-refractivity contribution in [2.45, 2.75) is 192 Å². The molecule has 0 fully saturated rings. The molecule has 2 atom stereocenters. The van der Waals surface area contributed by atoms with Crippen LogP contribution in [0.5, 0.6) is 11.5 Å². The fourth-order valence-corrected chi connectivity index (χ4v) is 18.4. The summed E-state index contributed by atoms with van der Waals surface area (Å²) in [5.74, 6) is 0.764. The van der Waals surface area contributed by atoms with Crippen molar-refractivity contribution in [2.24, 2.45) is 0 Å². The van der Waals surface area contributed by atoms with Crippen LogP contribution >= 0.6 is 0 Å². The molecule has 288 valence electrons. The molecule has 51 heavy (non-hydrogen) atoms. The second-order valence-electron chi connectivity index (χ2n) is 16.3. The Balaban J connectivity index is 1.64. The standard InChI is InChI=1S/C46H78O3Si2/c1-7-29-45(37-25-21-17-13-9-11-15-19-23-31-41-33-27-35-43(47)39-41)50(3,4)49-51(5,6)46(30-8-2)38-26-22-18-14-10-12-16-20-24-32-42-34-28-36-44(48)40-42/h17-18,21-22,27-28,33-36,39-40,45-48H,7-16,19-20,23-26,29-32,37-38H2,1-6H3/b21-17+,22-18?. The number of phenols is 2. The lowest BCUT2D eigenvalue weighted by molar-refractivity contribution is 0.460. The number of rotatable bonds is 30. The first kappa shape index (κ1) is 45.1. The van der Waals surface area contributed by atoms with Crippen molar-refractivity contribution in [1.82, 2.24) is 0 Å². The van der Waals surface area contributed by atoms with Crippen LogP contribution in [0.2, 0.25) is 37.3 Å². The first-order chi connectivity index (χ1) is 24.6. The van der Waals surface area contributed by atoms with E-state index in [0.717, 1.165) is 23.9 Å². The van der Waals surface area contributed by atoms with Crippen molar-refractivity contribution < 1.29 is 14.3 Å². The van der Waals surface area contributed by atoms with Gasteiger partial charge >= 0.3 is 0 Å². The molecule has 0 aliphatic carbocycles. The molecule has 0 radical (unpaired) electrons. The minimum atomic E-state index is -1.82. The molecule has 0 amide bonds. The average molecular weight is 735 g/mol. The third kappa shape index (κ3) is 20.7. The molecule has 0 aromatic heterocycles. The number of hydrogen-bond acceptors (Lipinski definition) is 3. The van der Waals surface area contributed by atoms with Gasteiger partial charge in [0.2, 0.25) is 0 Å². The van der Waals surface area contributed by atoms with Crippen LogP contribution in [0.1, 0.15) is 153 Å². The Morgan fingerprint density at radius 3 is 1.27 bits per heavy atom. The molecule has 0 aliphatic heterocycles. The molecule has 2 aromatic carbocycles. The summed E-state index contributed by atoms with van der Waals surface area (Å²) in [4.78, 5) is 0. The van der Waals surface area contributed by atoms with Crippen LogP contribution in [0.4, 0.5) is 0 Å². The van der Waals surface area contributed by atoms with Crippen LogP contribution < -0.4 is 0 Å². The molecule has 0 saturated carbocycles. The van der Waals surface area contributed by atoms with E-state index in [0.29, 0.717) is 11.5 Å². The predicted octanol–water partition coefficient (Wildman–Crippen LogP) is 15.0. The number of aromatic hydroxyl groups is 2. The van der Waals surface area contributed by atoms with E-state index in [1.54, 1.807) is 12.1 Å². The van der Waals surface area contributed by atoms with Crippen LogP contribution in [-0.4, -0.2) is 26.8 Å². The zero-order valence-corrected chi connectivity index (χ0v) is 35.9. The molecule has 0 heterocycles. The van der Waals surface area contributed by atoms with Crippen LogP contribution in [0.25, 0.3) is 0 Å². The zero-order chi connectivity index (χ0) is 37.2. The number of unbranched alkanes of at least 4 members (excludes halogenated alkanes) is 10. The smallest absolute Gasteiger partial charge is 0.176 e. The molecular formula is C46H78O3Si2. The molecule has 0 saturated heterocycles. The topological polar surface area (TPSA) is 49.7 Å². The fourth-order valence-electron chi connectivity index (χ4n) is 7.95. The number of phenolic OH excluding ortho intramolecular Hbond substituents is 2. The Labute approximate surface area is 317 Å². The van der Waals surface area contributed by atoms with Gasteiger partial charge in [-0.1, -0.05) is 127 Å². The summed E-state index contributed by atoms with van der Waals surface area (Å²) in [6.45, 7) is 14.8. The van der Waals surface area contributed by atoms with Gasteiger partial charge in [0, 0.05) is 0 Å². The molecule has 2 rings (SSSR count). The predicted molar refractivity (Wildman–Crippen MR) is 229 cm³/mol. The van der Waals surface area contributed by atoms with Gasteiger partial charge < -0.3 is 14.3 Å². The number of aryl methyl sites for hydroxylation is 2. The first-order valence-electron chi connectivity index (χ1n) is 21.1. The van der Waals surface area contributed by atoms with Gasteiger partial charge in [0.05, 0.1) is 0 Å². The quantitative estimate of drug-likeness (QED) is 0.0477. The van der Waals surface area contributed by atoms with Crippen molar-refractivity contribution in [2.75, 3.05) is 0 Å². The highest BCUT2D eigenvalue weighted by molar-refractivity contribution is 6.86. The third-order valence-electron chi connectivity index (χ3n) is 11.0. The van der Waals surface area contributed by atoms with E-state index in [2.05, 4.69) is 76.5 Å². The van der Waals surface area contributed by atoms with E-state index in [4.69, 9.17) is 4.12 Å². The van der Waals surface area contributed by atoms with Crippen LogP contribution in [0.3, 0.4) is 0 Å². The highest BCUT2D eigenvalue weighted by atomic mass is 28.4. The van der Waals surface area contributed by atoms with E-state index >= 15 is 0 Å². The summed E-state index contributed by atoms with van der Waals surface area (Å²) in [5, 5.41) is 19.3. The van der Waals surface area contributed by atoms with E-state index in [1.807, 2.05) is 24.3 Å². The van der Waals surface area contributed by atoms with E-state index in [-0.39, 0.29) is 0 Å². The second kappa shape index (κ2) is 26.6. The Kier molecular flexibility index (Phi) is 23.5. The van der Waals surface area contributed by atoms with Gasteiger partial charge in [0.1, 0.15) is 11.5 Å². The molecular weight excluding hydrogens is 657 g/mol. The van der Waals surface area contributed by atoms with Gasteiger partial charge in [-0.05, 0) is 150 Å². The average Bonchev–Trinajstić information content (AvgIpc) is 3.08.